The molecule has 3 aliphatic rings. The van der Waals surface area contributed by atoms with Crippen LogP contribution in [0, 0.1) is 23.2 Å². The van der Waals surface area contributed by atoms with Gasteiger partial charge in [-0.1, -0.05) is 6.58 Å². The van der Waals surface area contributed by atoms with Gasteiger partial charge in [-0.05, 0) is 25.2 Å². The number of esters is 1. The molecule has 0 aromatic carbocycles. The lowest BCUT2D eigenvalue weighted by molar-refractivity contribution is -0.371. The first kappa shape index (κ1) is 16.3. The highest BCUT2D eigenvalue weighted by Gasteiger charge is 2.92. The Hall–Kier alpha value is -1.54. The van der Waals surface area contributed by atoms with Crippen molar-refractivity contribution in [2.45, 2.75) is 37.2 Å². The number of halogens is 6. The Morgan fingerprint density at radius 2 is 1.78 bits per heavy atom. The van der Waals surface area contributed by atoms with Gasteiger partial charge >= 0.3 is 18.3 Å². The second-order valence-electron chi connectivity index (χ2n) is 6.36. The number of fused-ring (bicyclic) bond motifs is 5. The maximum absolute atomic E-state index is 13.3. The van der Waals surface area contributed by atoms with E-state index in [1.54, 1.807) is 0 Å². The molecule has 3 aliphatic carbocycles. The lowest BCUT2D eigenvalue weighted by atomic mass is 9.46. The van der Waals surface area contributed by atoms with E-state index in [1.165, 1.54) is 0 Å². The number of alkyl halides is 6. The van der Waals surface area contributed by atoms with Crippen LogP contribution >= 0.6 is 0 Å². The Morgan fingerprint density at radius 1 is 1.22 bits per heavy atom. The zero-order chi connectivity index (χ0) is 17.4. The second-order valence-corrected chi connectivity index (χ2v) is 6.36. The molecule has 0 N–H and O–H groups in total. The number of ketones is 1. The van der Waals surface area contributed by atoms with Crippen molar-refractivity contribution in [2.75, 3.05) is 0 Å². The van der Waals surface area contributed by atoms with E-state index in [4.69, 9.17) is 4.74 Å². The van der Waals surface area contributed by atoms with Gasteiger partial charge in [0.15, 0.2) is 5.78 Å². The van der Waals surface area contributed by atoms with E-state index in [9.17, 15) is 35.9 Å². The summed E-state index contributed by atoms with van der Waals surface area (Å²) in [5.41, 5.74) is -5.89. The molecule has 0 amide bonds. The van der Waals surface area contributed by atoms with Crippen LogP contribution in [-0.2, 0) is 14.3 Å². The smallest absolute Gasteiger partial charge is 0.410 e. The molecule has 0 saturated heterocycles. The fraction of sp³-hybridized carbons (Fsp3) is 0.714. The summed E-state index contributed by atoms with van der Waals surface area (Å²) in [6.45, 7) is 3.15. The fourth-order valence-corrected chi connectivity index (χ4v) is 4.80. The molecule has 0 heterocycles. The summed E-state index contributed by atoms with van der Waals surface area (Å²) >= 11 is 0. The quantitative estimate of drug-likeness (QED) is 0.440. The summed E-state index contributed by atoms with van der Waals surface area (Å²) in [5, 5.41) is 0. The molecule has 9 heteroatoms. The van der Waals surface area contributed by atoms with Crippen molar-refractivity contribution in [3.63, 3.8) is 0 Å². The molecule has 2 bridgehead atoms. The molecule has 3 fully saturated rings. The molecular formula is C14H12F6O3. The molecule has 128 valence electrons. The van der Waals surface area contributed by atoms with Gasteiger partial charge in [-0.2, -0.15) is 26.3 Å². The molecule has 0 aromatic heterocycles. The van der Waals surface area contributed by atoms with Crippen molar-refractivity contribution in [2.24, 2.45) is 23.2 Å². The maximum Gasteiger partial charge on any atom is 0.410 e. The van der Waals surface area contributed by atoms with E-state index in [0.717, 1.165) is 6.08 Å². The first-order valence-electron chi connectivity index (χ1n) is 6.95. The van der Waals surface area contributed by atoms with E-state index in [1.807, 2.05) is 0 Å². The van der Waals surface area contributed by atoms with Crippen LogP contribution in [0.4, 0.5) is 26.3 Å². The zero-order valence-electron chi connectivity index (χ0n) is 11.6. The topological polar surface area (TPSA) is 43.4 Å². The molecule has 0 aliphatic heterocycles. The van der Waals surface area contributed by atoms with Gasteiger partial charge in [0, 0.05) is 12.0 Å². The second kappa shape index (κ2) is 4.30. The number of hydrogen-bond donors (Lipinski definition) is 0. The zero-order valence-corrected chi connectivity index (χ0v) is 11.6. The maximum atomic E-state index is 13.3. The van der Waals surface area contributed by atoms with Crippen molar-refractivity contribution in [1.29, 1.82) is 0 Å². The summed E-state index contributed by atoms with van der Waals surface area (Å²) in [6, 6.07) is 0. The van der Waals surface area contributed by atoms with Gasteiger partial charge in [-0.15, -0.1) is 0 Å². The normalized spacial score (nSPS) is 38.0. The van der Waals surface area contributed by atoms with Gasteiger partial charge in [-0.3, -0.25) is 4.79 Å². The van der Waals surface area contributed by atoms with Gasteiger partial charge in [-0.25, -0.2) is 4.79 Å². The lowest BCUT2D eigenvalue weighted by Crippen LogP contribution is -2.75. The monoisotopic (exact) mass is 342 g/mol. The van der Waals surface area contributed by atoms with Crippen LogP contribution in [0.1, 0.15) is 19.3 Å². The molecule has 4 atom stereocenters. The summed E-state index contributed by atoms with van der Waals surface area (Å²) in [4.78, 5) is 23.5. The number of Topliss-reactive ketones (excluding diaryl/α,β-unsaturated/α-hetero) is 1. The van der Waals surface area contributed by atoms with Crippen molar-refractivity contribution >= 4 is 11.8 Å². The van der Waals surface area contributed by atoms with Crippen molar-refractivity contribution in [3.8, 4) is 0 Å². The van der Waals surface area contributed by atoms with Gasteiger partial charge in [0.05, 0.1) is 5.92 Å². The molecule has 3 rings (SSSR count). The minimum absolute atomic E-state index is 0.0623. The Labute approximate surface area is 126 Å². The van der Waals surface area contributed by atoms with E-state index >= 15 is 0 Å². The average Bonchev–Trinajstić information content (AvgIpc) is 2.87. The van der Waals surface area contributed by atoms with Gasteiger partial charge < -0.3 is 4.74 Å². The summed E-state index contributed by atoms with van der Waals surface area (Å²) in [6.07, 6.45) is -10.7. The SMILES string of the molecule is C=CC(=O)OC12CCC(C1)C1C2C(=O)C1(C(F)(F)F)C(F)(F)F. The number of hydrogen-bond acceptors (Lipinski definition) is 3. The van der Waals surface area contributed by atoms with E-state index in [-0.39, 0.29) is 19.3 Å². The third-order valence-electron chi connectivity index (χ3n) is 5.52. The minimum Gasteiger partial charge on any atom is -0.455 e. The van der Waals surface area contributed by atoms with Crippen LogP contribution in [-0.4, -0.2) is 29.7 Å². The number of carbonyl (C=O) groups excluding carboxylic acids is 2. The van der Waals surface area contributed by atoms with Crippen LogP contribution < -0.4 is 0 Å². The Kier molecular flexibility index (Phi) is 3.05. The molecule has 0 spiro atoms. The summed E-state index contributed by atoms with van der Waals surface area (Å²) in [5.74, 6) is -7.29. The Bertz CT molecular complexity index is 578. The van der Waals surface area contributed by atoms with Crippen molar-refractivity contribution < 1.29 is 40.7 Å². The van der Waals surface area contributed by atoms with E-state index in [0.29, 0.717) is 0 Å². The predicted molar refractivity (Wildman–Crippen MR) is 62.9 cm³/mol. The standard InChI is InChI=1S/C14H12F6O3/c1-2-7(21)23-11-4-3-6(5-11)8-9(11)10(22)12(8,13(15,16)17)14(18,19)20/h2,6,8-9H,1,3-5H2. The van der Waals surface area contributed by atoms with Gasteiger partial charge in [0.25, 0.3) is 0 Å². The van der Waals surface area contributed by atoms with Crippen LogP contribution in [0.3, 0.4) is 0 Å². The Balaban J connectivity index is 2.05. The highest BCUT2D eigenvalue weighted by molar-refractivity contribution is 5.98. The highest BCUT2D eigenvalue weighted by Crippen LogP contribution is 2.76. The van der Waals surface area contributed by atoms with Crippen LogP contribution in [0.5, 0.6) is 0 Å². The summed E-state index contributed by atoms with van der Waals surface area (Å²) < 4.78 is 84.6. The van der Waals surface area contributed by atoms with E-state index < -0.39 is 52.9 Å². The molecule has 3 nitrogen and oxygen atoms in total. The largest absolute Gasteiger partial charge is 0.455 e. The lowest BCUT2D eigenvalue weighted by Gasteiger charge is -2.57. The van der Waals surface area contributed by atoms with Crippen LogP contribution in [0.25, 0.3) is 0 Å². The van der Waals surface area contributed by atoms with Gasteiger partial charge in [0.2, 0.25) is 5.41 Å². The van der Waals surface area contributed by atoms with Gasteiger partial charge in [0.1, 0.15) is 5.60 Å². The van der Waals surface area contributed by atoms with Crippen LogP contribution in [0.15, 0.2) is 12.7 Å². The third-order valence-corrected chi connectivity index (χ3v) is 5.52. The first-order chi connectivity index (χ1) is 10.4. The molecule has 23 heavy (non-hydrogen) atoms. The summed E-state index contributed by atoms with van der Waals surface area (Å²) in [7, 11) is 0. The number of ether oxygens (including phenoxy) is 1. The van der Waals surface area contributed by atoms with E-state index in [2.05, 4.69) is 6.58 Å². The number of rotatable bonds is 2. The fourth-order valence-electron chi connectivity index (χ4n) is 4.80. The van der Waals surface area contributed by atoms with Crippen molar-refractivity contribution in [1.82, 2.24) is 0 Å². The molecule has 0 aromatic rings. The van der Waals surface area contributed by atoms with Crippen LogP contribution in [0.2, 0.25) is 0 Å². The minimum atomic E-state index is -5.72. The molecule has 3 saturated carbocycles. The molecule has 4 unspecified atom stereocenters. The van der Waals surface area contributed by atoms with Crippen molar-refractivity contribution in [3.05, 3.63) is 12.7 Å². The Morgan fingerprint density at radius 3 is 2.26 bits per heavy atom. The predicted octanol–water partition coefficient (Wildman–Crippen LogP) is 3.19. The molecule has 0 radical (unpaired) electrons. The molecular weight excluding hydrogens is 330 g/mol. The third kappa shape index (κ3) is 1.68. The first-order valence-corrected chi connectivity index (χ1v) is 6.95. The average molecular weight is 342 g/mol. The highest BCUT2D eigenvalue weighted by atomic mass is 19.4. The number of carbonyl (C=O) groups is 2.